The van der Waals surface area contributed by atoms with Gasteiger partial charge >= 0.3 is 0 Å². The van der Waals surface area contributed by atoms with Crippen molar-refractivity contribution in [2.75, 3.05) is 13.7 Å². The molecular weight excluding hydrogens is 202 g/mol. The van der Waals surface area contributed by atoms with Gasteiger partial charge in [-0.05, 0) is 12.5 Å². The van der Waals surface area contributed by atoms with Gasteiger partial charge in [0.2, 0.25) is 0 Å². The molecule has 1 aromatic rings. The third kappa shape index (κ3) is 4.21. The molecule has 0 heterocycles. The van der Waals surface area contributed by atoms with E-state index in [1.165, 1.54) is 0 Å². The first-order valence-electron chi connectivity index (χ1n) is 5.77. The zero-order valence-electron chi connectivity index (χ0n) is 10.1. The fraction of sp³-hybridized carbons (Fsp3) is 0.538. The fourth-order valence-electron chi connectivity index (χ4n) is 1.71. The van der Waals surface area contributed by atoms with E-state index in [1.54, 1.807) is 13.2 Å². The molecule has 0 saturated heterocycles. The zero-order chi connectivity index (χ0) is 11.8. The van der Waals surface area contributed by atoms with E-state index in [0.29, 0.717) is 24.9 Å². The van der Waals surface area contributed by atoms with Gasteiger partial charge in [0, 0.05) is 25.3 Å². The van der Waals surface area contributed by atoms with Crippen molar-refractivity contribution in [1.29, 1.82) is 0 Å². The Bertz CT molecular complexity index is 296. The Kier molecular flexibility index (Phi) is 5.90. The summed E-state index contributed by atoms with van der Waals surface area (Å²) >= 11 is 0. The number of hydrogen-bond acceptors (Lipinski definition) is 3. The van der Waals surface area contributed by atoms with Crippen molar-refractivity contribution in [2.45, 2.75) is 32.4 Å². The quantitative estimate of drug-likeness (QED) is 0.745. The van der Waals surface area contributed by atoms with E-state index in [2.05, 4.69) is 12.2 Å². The van der Waals surface area contributed by atoms with Crippen LogP contribution in [0, 0.1) is 0 Å². The molecule has 0 aliphatic rings. The molecule has 0 radical (unpaired) electrons. The first-order valence-corrected chi connectivity index (χ1v) is 5.77. The summed E-state index contributed by atoms with van der Waals surface area (Å²) in [7, 11) is 1.71. The monoisotopic (exact) mass is 223 g/mol. The minimum absolute atomic E-state index is 0.350. The highest BCUT2D eigenvalue weighted by Gasteiger charge is 2.07. The van der Waals surface area contributed by atoms with Gasteiger partial charge in [0.25, 0.3) is 0 Å². The zero-order valence-corrected chi connectivity index (χ0v) is 10.1. The fourth-order valence-corrected chi connectivity index (χ4v) is 1.71. The Balaban J connectivity index is 2.45. The molecule has 1 atom stereocenters. The van der Waals surface area contributed by atoms with Gasteiger partial charge in [-0.3, -0.25) is 0 Å². The van der Waals surface area contributed by atoms with Crippen LogP contribution in [0.25, 0.3) is 0 Å². The topological polar surface area (TPSA) is 41.5 Å². The highest BCUT2D eigenvalue weighted by molar-refractivity contribution is 5.31. The molecular formula is C13H21NO2. The van der Waals surface area contributed by atoms with E-state index < -0.39 is 0 Å². The Morgan fingerprint density at radius 1 is 1.38 bits per heavy atom. The van der Waals surface area contributed by atoms with Crippen molar-refractivity contribution in [1.82, 2.24) is 5.32 Å². The number of ether oxygens (including phenoxy) is 1. The van der Waals surface area contributed by atoms with Crippen LogP contribution in [0.1, 0.15) is 25.3 Å². The van der Waals surface area contributed by atoms with Crippen LogP contribution in [0.2, 0.25) is 0 Å². The van der Waals surface area contributed by atoms with E-state index in [1.807, 2.05) is 18.2 Å². The first kappa shape index (κ1) is 13.0. The third-order valence-electron chi connectivity index (χ3n) is 2.58. The second-order valence-electron chi connectivity index (χ2n) is 3.95. The van der Waals surface area contributed by atoms with Gasteiger partial charge < -0.3 is 15.2 Å². The van der Waals surface area contributed by atoms with Crippen LogP contribution < -0.4 is 5.32 Å². The van der Waals surface area contributed by atoms with Gasteiger partial charge in [0.1, 0.15) is 5.75 Å². The lowest BCUT2D eigenvalue weighted by Crippen LogP contribution is -2.32. The number of hydrogen-bond donors (Lipinski definition) is 2. The van der Waals surface area contributed by atoms with Crippen molar-refractivity contribution in [3.05, 3.63) is 29.8 Å². The molecule has 3 heteroatoms. The number of nitrogens with one attached hydrogen (secondary N) is 1. The largest absolute Gasteiger partial charge is 0.508 e. The highest BCUT2D eigenvalue weighted by atomic mass is 16.5. The van der Waals surface area contributed by atoms with Gasteiger partial charge in [-0.2, -0.15) is 0 Å². The molecule has 0 fully saturated rings. The molecule has 16 heavy (non-hydrogen) atoms. The normalized spacial score (nSPS) is 12.6. The van der Waals surface area contributed by atoms with Crippen LogP contribution in [-0.2, 0) is 11.3 Å². The van der Waals surface area contributed by atoms with Crippen molar-refractivity contribution in [3.63, 3.8) is 0 Å². The van der Waals surface area contributed by atoms with Crippen LogP contribution in [-0.4, -0.2) is 24.9 Å². The summed E-state index contributed by atoms with van der Waals surface area (Å²) in [6.45, 7) is 3.55. The van der Waals surface area contributed by atoms with E-state index >= 15 is 0 Å². The first-order chi connectivity index (χ1) is 7.77. The van der Waals surface area contributed by atoms with Crippen LogP contribution in [0.4, 0.5) is 0 Å². The maximum Gasteiger partial charge on any atom is 0.120 e. The molecule has 90 valence electrons. The van der Waals surface area contributed by atoms with Crippen molar-refractivity contribution in [3.8, 4) is 5.75 Å². The number of benzene rings is 1. The van der Waals surface area contributed by atoms with Gasteiger partial charge in [0.15, 0.2) is 0 Å². The number of rotatable bonds is 7. The molecule has 0 bridgehead atoms. The molecule has 3 nitrogen and oxygen atoms in total. The lowest BCUT2D eigenvalue weighted by atomic mass is 10.1. The summed E-state index contributed by atoms with van der Waals surface area (Å²) in [5, 5.41) is 13.0. The standard InChI is InChI=1S/C13H21NO2/c1-3-6-12(10-16-2)14-9-11-7-4-5-8-13(11)15/h4-5,7-8,12,14-15H,3,6,9-10H2,1-2H3. The van der Waals surface area contributed by atoms with Crippen LogP contribution >= 0.6 is 0 Å². The maximum atomic E-state index is 9.61. The second-order valence-corrected chi connectivity index (χ2v) is 3.95. The van der Waals surface area contributed by atoms with E-state index in [9.17, 15) is 5.11 Å². The lowest BCUT2D eigenvalue weighted by Gasteiger charge is -2.17. The summed E-state index contributed by atoms with van der Waals surface area (Å²) in [6.07, 6.45) is 2.21. The molecule has 0 saturated carbocycles. The number of methoxy groups -OCH3 is 1. The number of para-hydroxylation sites is 1. The molecule has 1 unspecified atom stereocenters. The Morgan fingerprint density at radius 3 is 2.75 bits per heavy atom. The van der Waals surface area contributed by atoms with Crippen LogP contribution in [0.15, 0.2) is 24.3 Å². The van der Waals surface area contributed by atoms with Gasteiger partial charge in [0.05, 0.1) is 6.61 Å². The van der Waals surface area contributed by atoms with Gasteiger partial charge in [-0.15, -0.1) is 0 Å². The molecule has 1 rings (SSSR count). The third-order valence-corrected chi connectivity index (χ3v) is 2.58. The summed E-state index contributed by atoms with van der Waals surface area (Å²) in [5.41, 5.74) is 0.930. The van der Waals surface area contributed by atoms with Crippen LogP contribution in [0.5, 0.6) is 5.75 Å². The average Bonchev–Trinajstić information content (AvgIpc) is 2.28. The predicted molar refractivity (Wildman–Crippen MR) is 65.5 cm³/mol. The van der Waals surface area contributed by atoms with Crippen molar-refractivity contribution < 1.29 is 9.84 Å². The molecule has 0 spiro atoms. The predicted octanol–water partition coefficient (Wildman–Crippen LogP) is 2.30. The van der Waals surface area contributed by atoms with Gasteiger partial charge in [-0.25, -0.2) is 0 Å². The highest BCUT2D eigenvalue weighted by Crippen LogP contribution is 2.15. The molecule has 0 aromatic heterocycles. The smallest absolute Gasteiger partial charge is 0.120 e. The maximum absolute atomic E-state index is 9.61. The summed E-state index contributed by atoms with van der Waals surface area (Å²) < 4.78 is 5.15. The molecule has 0 amide bonds. The number of phenols is 1. The van der Waals surface area contributed by atoms with E-state index in [4.69, 9.17) is 4.74 Å². The lowest BCUT2D eigenvalue weighted by molar-refractivity contribution is 0.161. The number of phenolic OH excluding ortho intramolecular Hbond substituents is 1. The Labute approximate surface area is 97.4 Å². The summed E-state index contributed by atoms with van der Waals surface area (Å²) in [5.74, 6) is 0.350. The van der Waals surface area contributed by atoms with Crippen molar-refractivity contribution >= 4 is 0 Å². The van der Waals surface area contributed by atoms with Crippen molar-refractivity contribution in [2.24, 2.45) is 0 Å². The molecule has 2 N–H and O–H groups in total. The molecule has 0 aliphatic heterocycles. The van der Waals surface area contributed by atoms with E-state index in [-0.39, 0.29) is 0 Å². The minimum Gasteiger partial charge on any atom is -0.508 e. The van der Waals surface area contributed by atoms with Gasteiger partial charge in [-0.1, -0.05) is 31.5 Å². The summed E-state index contributed by atoms with van der Waals surface area (Å²) in [6, 6.07) is 7.76. The number of aromatic hydroxyl groups is 1. The SMILES string of the molecule is CCCC(COC)NCc1ccccc1O. The van der Waals surface area contributed by atoms with Crippen LogP contribution in [0.3, 0.4) is 0 Å². The summed E-state index contributed by atoms with van der Waals surface area (Å²) in [4.78, 5) is 0. The Morgan fingerprint density at radius 2 is 2.12 bits per heavy atom. The second kappa shape index (κ2) is 7.25. The average molecular weight is 223 g/mol. The van der Waals surface area contributed by atoms with E-state index in [0.717, 1.165) is 18.4 Å². The molecule has 0 aliphatic carbocycles. The molecule has 1 aromatic carbocycles. The Hall–Kier alpha value is -1.06. The minimum atomic E-state index is 0.350.